The maximum absolute atomic E-state index is 13.1. The fraction of sp³-hybridized carbons (Fsp3) is 0.440. The van der Waals surface area contributed by atoms with Gasteiger partial charge in [0.2, 0.25) is 5.91 Å². The van der Waals surface area contributed by atoms with Gasteiger partial charge in [-0.15, -0.1) is 0 Å². The number of anilines is 1. The van der Waals surface area contributed by atoms with Crippen molar-refractivity contribution >= 4 is 17.5 Å². The molecule has 0 saturated heterocycles. The highest BCUT2D eigenvalue weighted by Crippen LogP contribution is 2.40. The van der Waals surface area contributed by atoms with Crippen LogP contribution in [0.1, 0.15) is 67.0 Å². The molecule has 0 spiro atoms. The summed E-state index contributed by atoms with van der Waals surface area (Å²) in [6.45, 7) is 12.9. The molecule has 160 valence electrons. The lowest BCUT2D eigenvalue weighted by atomic mass is 9.99. The number of benzene rings is 2. The number of nitrogens with zero attached hydrogens (tertiary/aromatic N) is 1. The number of fused-ring (bicyclic) bond motifs is 1. The van der Waals surface area contributed by atoms with Crippen LogP contribution in [-0.2, 0) is 9.59 Å². The Morgan fingerprint density at radius 2 is 1.83 bits per heavy atom. The van der Waals surface area contributed by atoms with Crippen molar-refractivity contribution < 1.29 is 14.3 Å². The molecule has 1 aliphatic rings. The molecule has 5 heteroatoms. The first-order chi connectivity index (χ1) is 14.2. The summed E-state index contributed by atoms with van der Waals surface area (Å²) in [5, 5.41) is 2.83. The summed E-state index contributed by atoms with van der Waals surface area (Å²) in [7, 11) is 0. The Kier molecular flexibility index (Phi) is 6.49. The van der Waals surface area contributed by atoms with Crippen molar-refractivity contribution in [2.75, 3.05) is 18.1 Å². The van der Waals surface area contributed by atoms with Crippen molar-refractivity contribution in [3.05, 3.63) is 58.1 Å². The molecular weight excluding hydrogens is 376 g/mol. The molecule has 1 aliphatic heterocycles. The van der Waals surface area contributed by atoms with Gasteiger partial charge in [0.05, 0.1) is 12.3 Å². The number of ether oxygens (including phenoxy) is 1. The molecule has 2 aromatic rings. The minimum Gasteiger partial charge on any atom is -0.493 e. The quantitative estimate of drug-likeness (QED) is 0.674. The van der Waals surface area contributed by atoms with E-state index in [0.29, 0.717) is 25.5 Å². The van der Waals surface area contributed by atoms with Crippen LogP contribution < -0.4 is 15.0 Å². The molecule has 0 radical (unpaired) electrons. The molecule has 30 heavy (non-hydrogen) atoms. The first kappa shape index (κ1) is 21.9. The van der Waals surface area contributed by atoms with E-state index in [2.05, 4.69) is 44.3 Å². The van der Waals surface area contributed by atoms with Gasteiger partial charge in [0, 0.05) is 19.0 Å². The lowest BCUT2D eigenvalue weighted by molar-refractivity contribution is -0.126. The van der Waals surface area contributed by atoms with E-state index in [-0.39, 0.29) is 11.8 Å². The second kappa shape index (κ2) is 8.90. The Balaban J connectivity index is 1.74. The molecule has 1 heterocycles. The summed E-state index contributed by atoms with van der Waals surface area (Å²) in [6.07, 6.45) is 0.705. The molecule has 2 aromatic carbocycles. The maximum atomic E-state index is 13.1. The van der Waals surface area contributed by atoms with Gasteiger partial charge in [-0.3, -0.25) is 9.59 Å². The minimum atomic E-state index is -0.609. The number of hydrogen-bond acceptors (Lipinski definition) is 3. The first-order valence-corrected chi connectivity index (χ1v) is 10.6. The van der Waals surface area contributed by atoms with Crippen molar-refractivity contribution in [3.8, 4) is 5.75 Å². The number of nitrogens with one attached hydrogen (secondary N) is 1. The predicted octanol–water partition coefficient (Wildman–Crippen LogP) is 4.73. The zero-order chi connectivity index (χ0) is 22.0. The Morgan fingerprint density at radius 3 is 2.50 bits per heavy atom. The van der Waals surface area contributed by atoms with E-state index in [4.69, 9.17) is 4.74 Å². The smallest absolute Gasteiger partial charge is 0.254 e. The van der Waals surface area contributed by atoms with Crippen LogP contribution in [0.2, 0.25) is 0 Å². The number of aryl methyl sites for hydroxylation is 3. The summed E-state index contributed by atoms with van der Waals surface area (Å²) in [4.78, 5) is 26.6. The molecule has 0 fully saturated rings. The van der Waals surface area contributed by atoms with Gasteiger partial charge in [-0.2, -0.15) is 0 Å². The van der Waals surface area contributed by atoms with E-state index >= 15 is 0 Å². The topological polar surface area (TPSA) is 58.6 Å². The third kappa shape index (κ3) is 4.35. The predicted molar refractivity (Wildman–Crippen MR) is 120 cm³/mol. The van der Waals surface area contributed by atoms with Crippen LogP contribution in [0, 0.1) is 20.8 Å². The Hall–Kier alpha value is -2.82. The normalized spacial score (nSPS) is 15.5. The van der Waals surface area contributed by atoms with Crippen LogP contribution in [0.15, 0.2) is 30.3 Å². The Labute approximate surface area is 179 Å². The van der Waals surface area contributed by atoms with Crippen molar-refractivity contribution in [1.82, 2.24) is 5.32 Å². The fourth-order valence-electron chi connectivity index (χ4n) is 4.14. The fourth-order valence-corrected chi connectivity index (χ4v) is 4.14. The second-order valence-electron chi connectivity index (χ2n) is 8.48. The van der Waals surface area contributed by atoms with Crippen molar-refractivity contribution in [2.45, 2.75) is 59.9 Å². The zero-order valence-electron chi connectivity index (χ0n) is 18.8. The zero-order valence-corrected chi connectivity index (χ0v) is 18.8. The standard InChI is InChI=1S/C25H32N2O3/c1-15(2)20-11-8-16(3)14-21(20)30-13-7-12-27-24-18(5)10-9-17(4)22(24)23(25(27)29)26-19(6)28/h8-11,14-15,23H,7,12-13H2,1-6H3,(H,26,28)/t23-/m0/s1. The van der Waals surface area contributed by atoms with Crippen molar-refractivity contribution in [2.24, 2.45) is 0 Å². The maximum Gasteiger partial charge on any atom is 0.254 e. The molecule has 0 saturated carbocycles. The van der Waals surface area contributed by atoms with Crippen LogP contribution in [0.5, 0.6) is 5.75 Å². The molecule has 2 amide bonds. The molecule has 1 N–H and O–H groups in total. The van der Waals surface area contributed by atoms with Gasteiger partial charge in [0.15, 0.2) is 0 Å². The number of carbonyl (C=O) groups is 2. The van der Waals surface area contributed by atoms with Gasteiger partial charge in [-0.25, -0.2) is 0 Å². The second-order valence-corrected chi connectivity index (χ2v) is 8.48. The average molecular weight is 409 g/mol. The SMILES string of the molecule is CC(=O)N[C@@H]1C(=O)N(CCCOc2cc(C)ccc2C(C)C)c2c(C)ccc(C)c21. The van der Waals surface area contributed by atoms with Gasteiger partial charge in [0.1, 0.15) is 11.8 Å². The van der Waals surface area contributed by atoms with Crippen LogP contribution in [0.3, 0.4) is 0 Å². The van der Waals surface area contributed by atoms with E-state index in [1.807, 2.05) is 26.0 Å². The van der Waals surface area contributed by atoms with Crippen molar-refractivity contribution in [1.29, 1.82) is 0 Å². The summed E-state index contributed by atoms with van der Waals surface area (Å²) in [6, 6.07) is 9.74. The van der Waals surface area contributed by atoms with Gasteiger partial charge in [-0.05, 0) is 61.4 Å². The molecule has 0 aliphatic carbocycles. The third-order valence-corrected chi connectivity index (χ3v) is 5.63. The molecule has 0 bridgehead atoms. The van der Waals surface area contributed by atoms with Gasteiger partial charge < -0.3 is 15.0 Å². The summed E-state index contributed by atoms with van der Waals surface area (Å²) in [5.41, 5.74) is 6.26. The van der Waals surface area contributed by atoms with Gasteiger partial charge in [-0.1, -0.05) is 38.1 Å². The summed E-state index contributed by atoms with van der Waals surface area (Å²) < 4.78 is 6.10. The first-order valence-electron chi connectivity index (χ1n) is 10.6. The number of hydrogen-bond donors (Lipinski definition) is 1. The molecule has 5 nitrogen and oxygen atoms in total. The molecule has 0 aromatic heterocycles. The van der Waals surface area contributed by atoms with Gasteiger partial charge >= 0.3 is 0 Å². The van der Waals surface area contributed by atoms with E-state index < -0.39 is 6.04 Å². The molecule has 1 atom stereocenters. The highest BCUT2D eigenvalue weighted by molar-refractivity contribution is 6.07. The largest absolute Gasteiger partial charge is 0.493 e. The monoisotopic (exact) mass is 408 g/mol. The van der Waals surface area contributed by atoms with E-state index in [1.165, 1.54) is 18.1 Å². The molecule has 0 unspecified atom stereocenters. The average Bonchev–Trinajstić information content (AvgIpc) is 2.94. The number of rotatable bonds is 7. The lowest BCUT2D eigenvalue weighted by Gasteiger charge is -2.20. The highest BCUT2D eigenvalue weighted by atomic mass is 16.5. The summed E-state index contributed by atoms with van der Waals surface area (Å²) in [5.74, 6) is 1.03. The Bertz CT molecular complexity index is 965. The van der Waals surface area contributed by atoms with Crippen LogP contribution in [0.4, 0.5) is 5.69 Å². The molecular formula is C25H32N2O3. The minimum absolute atomic E-state index is 0.0731. The van der Waals surface area contributed by atoms with Crippen LogP contribution >= 0.6 is 0 Å². The van der Waals surface area contributed by atoms with E-state index in [0.717, 1.165) is 28.1 Å². The van der Waals surface area contributed by atoms with Crippen molar-refractivity contribution in [3.63, 3.8) is 0 Å². The van der Waals surface area contributed by atoms with E-state index in [9.17, 15) is 9.59 Å². The number of carbonyl (C=O) groups excluding carboxylic acids is 2. The lowest BCUT2D eigenvalue weighted by Crippen LogP contribution is -2.37. The molecule has 3 rings (SSSR count). The van der Waals surface area contributed by atoms with Gasteiger partial charge in [0.25, 0.3) is 5.91 Å². The van der Waals surface area contributed by atoms with Crippen LogP contribution in [0.25, 0.3) is 0 Å². The van der Waals surface area contributed by atoms with Crippen LogP contribution in [-0.4, -0.2) is 25.0 Å². The third-order valence-electron chi connectivity index (χ3n) is 5.63. The van der Waals surface area contributed by atoms with E-state index in [1.54, 1.807) is 4.90 Å². The summed E-state index contributed by atoms with van der Waals surface area (Å²) >= 11 is 0. The number of amides is 2. The highest BCUT2D eigenvalue weighted by Gasteiger charge is 2.39. The Morgan fingerprint density at radius 1 is 1.13 bits per heavy atom.